The van der Waals surface area contributed by atoms with Crippen molar-refractivity contribution < 1.29 is 9.59 Å². The third-order valence-corrected chi connectivity index (χ3v) is 7.93. The van der Waals surface area contributed by atoms with Crippen LogP contribution in [0.15, 0.2) is 72.8 Å². The zero-order valence-electron chi connectivity index (χ0n) is 20.3. The Kier molecular flexibility index (Phi) is 4.85. The highest BCUT2D eigenvalue weighted by Gasteiger charge is 2.60. The smallest absolute Gasteiger partial charge is 0.332 e. The van der Waals surface area contributed by atoms with Gasteiger partial charge in [-0.25, -0.2) is 9.69 Å². The van der Waals surface area contributed by atoms with E-state index in [1.807, 2.05) is 56.3 Å². The van der Waals surface area contributed by atoms with Crippen molar-refractivity contribution in [3.63, 3.8) is 0 Å². The number of H-pyrrole nitrogens is 1. The van der Waals surface area contributed by atoms with Crippen LogP contribution in [0.1, 0.15) is 54.6 Å². The number of hydrogen-bond acceptors (Lipinski definition) is 2. The highest BCUT2D eigenvalue weighted by atomic mass is 16.2. The van der Waals surface area contributed by atoms with Crippen LogP contribution in [0.5, 0.6) is 0 Å². The SMILES string of the molecule is CCc1ccc(C2CN3C(=O)N(c4ccccc4CC)C(=O)C3(C)c3[nH]c4ccccc4c32)cc1. The minimum Gasteiger partial charge on any atom is -0.356 e. The van der Waals surface area contributed by atoms with Gasteiger partial charge < -0.3 is 9.88 Å². The lowest BCUT2D eigenvalue weighted by atomic mass is 9.78. The number of aromatic nitrogens is 1. The van der Waals surface area contributed by atoms with E-state index in [2.05, 4.69) is 42.2 Å². The maximum atomic E-state index is 14.2. The van der Waals surface area contributed by atoms with E-state index in [4.69, 9.17) is 0 Å². The van der Waals surface area contributed by atoms with E-state index in [1.54, 1.807) is 4.90 Å². The Morgan fingerprint density at radius 1 is 0.914 bits per heavy atom. The van der Waals surface area contributed by atoms with E-state index in [1.165, 1.54) is 10.5 Å². The second-order valence-electron chi connectivity index (χ2n) is 9.70. The Bertz CT molecular complexity index is 1470. The first-order valence-electron chi connectivity index (χ1n) is 12.4. The first-order chi connectivity index (χ1) is 17.0. The van der Waals surface area contributed by atoms with Gasteiger partial charge in [-0.15, -0.1) is 0 Å². The molecule has 2 aliphatic rings. The van der Waals surface area contributed by atoms with E-state index < -0.39 is 5.54 Å². The van der Waals surface area contributed by atoms with Gasteiger partial charge in [0, 0.05) is 23.4 Å². The lowest BCUT2D eigenvalue weighted by molar-refractivity contribution is -0.125. The zero-order chi connectivity index (χ0) is 24.3. The van der Waals surface area contributed by atoms with Crippen LogP contribution in [0.25, 0.3) is 10.9 Å². The Morgan fingerprint density at radius 3 is 2.37 bits per heavy atom. The Labute approximate surface area is 205 Å². The number of nitrogens with one attached hydrogen (secondary N) is 1. The molecule has 0 radical (unpaired) electrons. The number of anilines is 1. The highest BCUT2D eigenvalue weighted by molar-refractivity contribution is 6.24. The standard InChI is InChI=1S/C30H29N3O2/c1-4-19-14-16-21(17-15-19)23-18-32-29(35)33(25-13-9-6-10-20(25)5-2)28(34)30(32,3)27-26(23)22-11-7-8-12-24(22)31-27/h6-17,23,31H,4-5,18H2,1-3H3. The molecule has 176 valence electrons. The average Bonchev–Trinajstić information content (AvgIpc) is 3.38. The number of para-hydroxylation sites is 2. The molecule has 2 aliphatic heterocycles. The van der Waals surface area contributed by atoms with Gasteiger partial charge in [0.2, 0.25) is 0 Å². The van der Waals surface area contributed by atoms with Gasteiger partial charge in [-0.05, 0) is 54.2 Å². The fourth-order valence-electron chi connectivity index (χ4n) is 5.92. The molecule has 0 aliphatic carbocycles. The number of carbonyl (C=O) groups excluding carboxylic acids is 2. The van der Waals surface area contributed by atoms with E-state index in [0.29, 0.717) is 12.2 Å². The highest BCUT2D eigenvalue weighted by Crippen LogP contribution is 2.50. The van der Waals surface area contributed by atoms with Crippen molar-refractivity contribution in [3.05, 3.63) is 101 Å². The zero-order valence-corrected chi connectivity index (χ0v) is 20.3. The molecule has 3 heterocycles. The van der Waals surface area contributed by atoms with Gasteiger partial charge in [0.15, 0.2) is 5.54 Å². The molecule has 1 fully saturated rings. The number of imide groups is 1. The third kappa shape index (κ3) is 2.94. The fraction of sp³-hybridized carbons (Fsp3) is 0.267. The molecule has 35 heavy (non-hydrogen) atoms. The number of amides is 3. The van der Waals surface area contributed by atoms with E-state index in [-0.39, 0.29) is 17.9 Å². The molecular formula is C30H29N3O2. The van der Waals surface area contributed by atoms with Crippen LogP contribution in [-0.4, -0.2) is 28.4 Å². The summed E-state index contributed by atoms with van der Waals surface area (Å²) >= 11 is 0. The van der Waals surface area contributed by atoms with E-state index in [0.717, 1.165) is 46.1 Å². The molecule has 0 spiro atoms. The third-order valence-electron chi connectivity index (χ3n) is 7.93. The molecule has 1 saturated heterocycles. The lowest BCUT2D eigenvalue weighted by Gasteiger charge is -2.40. The quantitative estimate of drug-likeness (QED) is 0.371. The summed E-state index contributed by atoms with van der Waals surface area (Å²) < 4.78 is 0. The summed E-state index contributed by atoms with van der Waals surface area (Å²) in [4.78, 5) is 34.8. The summed E-state index contributed by atoms with van der Waals surface area (Å²) in [6.45, 7) is 6.54. The second kappa shape index (κ2) is 7.84. The van der Waals surface area contributed by atoms with Crippen LogP contribution in [0.2, 0.25) is 0 Å². The predicted molar refractivity (Wildman–Crippen MR) is 139 cm³/mol. The summed E-state index contributed by atoms with van der Waals surface area (Å²) in [5, 5.41) is 1.11. The van der Waals surface area contributed by atoms with Gasteiger partial charge in [0.25, 0.3) is 5.91 Å². The Hall–Kier alpha value is -3.86. The van der Waals surface area contributed by atoms with Crippen LogP contribution in [-0.2, 0) is 23.2 Å². The minimum absolute atomic E-state index is 0.0294. The molecule has 3 aromatic carbocycles. The molecule has 3 amide bonds. The Morgan fingerprint density at radius 2 is 1.63 bits per heavy atom. The summed E-state index contributed by atoms with van der Waals surface area (Å²) in [5.74, 6) is -0.228. The van der Waals surface area contributed by atoms with Gasteiger partial charge in [-0.2, -0.15) is 0 Å². The number of carbonyl (C=O) groups is 2. The predicted octanol–water partition coefficient (Wildman–Crippen LogP) is 6.12. The number of aryl methyl sites for hydroxylation is 2. The topological polar surface area (TPSA) is 56.4 Å². The van der Waals surface area contributed by atoms with Crippen molar-refractivity contribution in [2.75, 3.05) is 11.4 Å². The minimum atomic E-state index is -1.09. The molecule has 0 bridgehead atoms. The molecule has 1 aromatic heterocycles. The van der Waals surface area contributed by atoms with Gasteiger partial charge in [0.1, 0.15) is 0 Å². The van der Waals surface area contributed by atoms with Crippen LogP contribution in [0, 0.1) is 0 Å². The van der Waals surface area contributed by atoms with Crippen molar-refractivity contribution in [2.24, 2.45) is 0 Å². The first kappa shape index (κ1) is 21.7. The van der Waals surface area contributed by atoms with Gasteiger partial charge >= 0.3 is 6.03 Å². The molecule has 2 unspecified atom stereocenters. The Balaban J connectivity index is 1.57. The normalized spacial score (nSPS) is 21.5. The monoisotopic (exact) mass is 463 g/mol. The van der Waals surface area contributed by atoms with Gasteiger partial charge in [-0.3, -0.25) is 4.79 Å². The lowest BCUT2D eigenvalue weighted by Crippen LogP contribution is -2.50. The molecule has 4 aromatic rings. The van der Waals surface area contributed by atoms with Crippen LogP contribution in [0.3, 0.4) is 0 Å². The first-order valence-corrected chi connectivity index (χ1v) is 12.4. The van der Waals surface area contributed by atoms with Gasteiger partial charge in [-0.1, -0.05) is 74.5 Å². The maximum Gasteiger partial charge on any atom is 0.332 e. The summed E-state index contributed by atoms with van der Waals surface area (Å²) in [6.07, 6.45) is 1.72. The molecule has 5 nitrogen and oxygen atoms in total. The number of nitrogens with zero attached hydrogens (tertiary/aromatic N) is 2. The number of aromatic amines is 1. The summed E-state index contributed by atoms with van der Waals surface area (Å²) in [5.41, 5.74) is 5.95. The van der Waals surface area contributed by atoms with Crippen molar-refractivity contribution in [2.45, 2.75) is 45.1 Å². The molecule has 6 rings (SSSR count). The fourth-order valence-corrected chi connectivity index (χ4v) is 5.92. The van der Waals surface area contributed by atoms with Gasteiger partial charge in [0.05, 0.1) is 11.4 Å². The number of fused-ring (bicyclic) bond motifs is 5. The molecule has 2 atom stereocenters. The van der Waals surface area contributed by atoms with E-state index >= 15 is 0 Å². The van der Waals surface area contributed by atoms with Crippen molar-refractivity contribution in [1.82, 2.24) is 9.88 Å². The van der Waals surface area contributed by atoms with Crippen molar-refractivity contribution in [1.29, 1.82) is 0 Å². The molecule has 5 heteroatoms. The number of rotatable bonds is 4. The van der Waals surface area contributed by atoms with Crippen LogP contribution < -0.4 is 4.90 Å². The number of urea groups is 1. The number of benzene rings is 3. The molecule has 1 N–H and O–H groups in total. The largest absolute Gasteiger partial charge is 0.356 e. The second-order valence-corrected chi connectivity index (χ2v) is 9.70. The summed E-state index contributed by atoms with van der Waals surface area (Å²) in [6, 6.07) is 24.3. The van der Waals surface area contributed by atoms with Crippen LogP contribution in [0.4, 0.5) is 10.5 Å². The molecular weight excluding hydrogens is 434 g/mol. The van der Waals surface area contributed by atoms with E-state index in [9.17, 15) is 9.59 Å². The van der Waals surface area contributed by atoms with Crippen molar-refractivity contribution in [3.8, 4) is 0 Å². The average molecular weight is 464 g/mol. The maximum absolute atomic E-state index is 14.2. The van der Waals surface area contributed by atoms with Crippen LogP contribution >= 0.6 is 0 Å². The van der Waals surface area contributed by atoms with Crippen molar-refractivity contribution >= 4 is 28.5 Å². The number of hydrogen-bond donors (Lipinski definition) is 1. The molecule has 0 saturated carbocycles. The summed E-state index contributed by atoms with van der Waals surface area (Å²) in [7, 11) is 0.